The number of nitrogens with zero attached hydrogens (tertiary/aromatic N) is 2. The van der Waals surface area contributed by atoms with Crippen LogP contribution in [-0.2, 0) is 9.53 Å². The number of hydrogen-bond donors (Lipinski definition) is 3. The fourth-order valence-corrected chi connectivity index (χ4v) is 1.96. The molecule has 2 amide bonds. The first-order chi connectivity index (χ1) is 12.6. The van der Waals surface area contributed by atoms with E-state index in [4.69, 9.17) is 9.84 Å². The van der Waals surface area contributed by atoms with Gasteiger partial charge in [0, 0.05) is 6.20 Å². The molecule has 2 aromatic heterocycles. The highest BCUT2D eigenvalue weighted by Gasteiger charge is 2.16. The molecule has 27 heavy (non-hydrogen) atoms. The molecule has 0 aliphatic rings. The van der Waals surface area contributed by atoms with Crippen molar-refractivity contribution in [3.05, 3.63) is 42.2 Å². The largest absolute Gasteiger partial charge is 0.478 e. The van der Waals surface area contributed by atoms with Gasteiger partial charge in [-0.15, -0.1) is 0 Å². The maximum atomic E-state index is 11.9. The van der Waals surface area contributed by atoms with Crippen LogP contribution < -0.4 is 10.6 Å². The third-order valence-electron chi connectivity index (χ3n) is 3.11. The van der Waals surface area contributed by atoms with Crippen LogP contribution in [0.3, 0.4) is 0 Å². The number of carbonyl (C=O) groups is 3. The second-order valence-corrected chi connectivity index (χ2v) is 6.57. The minimum absolute atomic E-state index is 0.0834. The molecule has 0 fully saturated rings. The van der Waals surface area contributed by atoms with Crippen LogP contribution in [0.1, 0.15) is 31.1 Å². The van der Waals surface area contributed by atoms with Crippen molar-refractivity contribution in [3.63, 3.8) is 0 Å². The molecule has 0 aromatic carbocycles. The normalized spacial score (nSPS) is 10.8. The van der Waals surface area contributed by atoms with Crippen LogP contribution in [0.25, 0.3) is 11.4 Å². The number of nitrogens with one attached hydrogen (secondary N) is 2. The first kappa shape index (κ1) is 19.8. The molecule has 0 aliphatic heterocycles. The molecule has 0 aliphatic carbocycles. The van der Waals surface area contributed by atoms with E-state index >= 15 is 0 Å². The Hall–Kier alpha value is -3.49. The molecule has 2 aromatic rings. The van der Waals surface area contributed by atoms with Crippen LogP contribution in [0.2, 0.25) is 0 Å². The molecule has 0 saturated heterocycles. The van der Waals surface area contributed by atoms with E-state index in [1.807, 2.05) is 0 Å². The minimum atomic E-state index is -1.06. The second kappa shape index (κ2) is 8.26. The van der Waals surface area contributed by atoms with Gasteiger partial charge in [0.2, 0.25) is 5.91 Å². The predicted octanol–water partition coefficient (Wildman–Crippen LogP) is 2.30. The Kier molecular flexibility index (Phi) is 6.07. The van der Waals surface area contributed by atoms with E-state index in [0.717, 1.165) is 0 Å². The van der Waals surface area contributed by atoms with E-state index in [1.165, 1.54) is 18.5 Å². The molecular weight excluding hydrogens is 352 g/mol. The molecule has 9 heteroatoms. The van der Waals surface area contributed by atoms with Gasteiger partial charge in [-0.05, 0) is 45.0 Å². The van der Waals surface area contributed by atoms with E-state index < -0.39 is 23.6 Å². The van der Waals surface area contributed by atoms with Crippen molar-refractivity contribution in [1.82, 2.24) is 15.3 Å². The first-order valence-corrected chi connectivity index (χ1v) is 8.06. The number of carboxylic acids is 1. The summed E-state index contributed by atoms with van der Waals surface area (Å²) in [5.41, 5.74) is 0.912. The lowest BCUT2D eigenvalue weighted by atomic mass is 10.2. The molecule has 0 saturated carbocycles. The lowest BCUT2D eigenvalue weighted by molar-refractivity contribution is -0.115. The van der Waals surface area contributed by atoms with Crippen LogP contribution >= 0.6 is 0 Å². The zero-order valence-electron chi connectivity index (χ0n) is 15.1. The average Bonchev–Trinajstić information content (AvgIpc) is 2.59. The fourth-order valence-electron chi connectivity index (χ4n) is 1.96. The third-order valence-corrected chi connectivity index (χ3v) is 3.11. The SMILES string of the molecule is CC(C)(C)OC(=O)NCC(=O)Nc1ccc(-c2ccc(C(=O)O)cn2)nc1. The number of pyridine rings is 2. The summed E-state index contributed by atoms with van der Waals surface area (Å²) in [6, 6.07) is 6.25. The van der Waals surface area contributed by atoms with Gasteiger partial charge in [0.05, 0.1) is 28.8 Å². The van der Waals surface area contributed by atoms with Gasteiger partial charge < -0.3 is 20.5 Å². The van der Waals surface area contributed by atoms with Gasteiger partial charge in [-0.3, -0.25) is 14.8 Å². The number of amides is 2. The lowest BCUT2D eigenvalue weighted by Gasteiger charge is -2.19. The Labute approximate surface area is 155 Å². The van der Waals surface area contributed by atoms with Gasteiger partial charge in [0.15, 0.2) is 0 Å². The van der Waals surface area contributed by atoms with E-state index in [0.29, 0.717) is 17.1 Å². The number of rotatable bonds is 5. The number of aromatic nitrogens is 2. The molecule has 0 unspecified atom stereocenters. The predicted molar refractivity (Wildman–Crippen MR) is 97.3 cm³/mol. The van der Waals surface area contributed by atoms with Gasteiger partial charge in [0.25, 0.3) is 0 Å². The second-order valence-electron chi connectivity index (χ2n) is 6.57. The molecule has 0 spiro atoms. The maximum Gasteiger partial charge on any atom is 0.408 e. The first-order valence-electron chi connectivity index (χ1n) is 8.06. The quantitative estimate of drug-likeness (QED) is 0.734. The molecule has 0 radical (unpaired) electrons. The van der Waals surface area contributed by atoms with Crippen molar-refractivity contribution >= 4 is 23.7 Å². The topological polar surface area (TPSA) is 131 Å². The number of carboxylic acid groups (broad SMARTS) is 1. The Morgan fingerprint density at radius 2 is 1.67 bits per heavy atom. The number of hydrogen-bond acceptors (Lipinski definition) is 6. The van der Waals surface area contributed by atoms with Crippen molar-refractivity contribution in [2.45, 2.75) is 26.4 Å². The minimum Gasteiger partial charge on any atom is -0.478 e. The monoisotopic (exact) mass is 372 g/mol. The Morgan fingerprint density at radius 1 is 1.04 bits per heavy atom. The van der Waals surface area contributed by atoms with E-state index in [1.54, 1.807) is 39.0 Å². The molecule has 2 heterocycles. The molecule has 0 atom stereocenters. The highest BCUT2D eigenvalue weighted by molar-refractivity contribution is 5.93. The summed E-state index contributed by atoms with van der Waals surface area (Å²) < 4.78 is 5.04. The zero-order valence-corrected chi connectivity index (χ0v) is 15.1. The molecular formula is C18H20N4O5. The zero-order chi connectivity index (χ0) is 20.0. The summed E-state index contributed by atoms with van der Waals surface area (Å²) in [5, 5.41) is 13.8. The van der Waals surface area contributed by atoms with Crippen molar-refractivity contribution in [2.75, 3.05) is 11.9 Å². The van der Waals surface area contributed by atoms with Crippen molar-refractivity contribution in [3.8, 4) is 11.4 Å². The fraction of sp³-hybridized carbons (Fsp3) is 0.278. The number of anilines is 1. The van der Waals surface area contributed by atoms with Crippen molar-refractivity contribution in [2.24, 2.45) is 0 Å². The van der Waals surface area contributed by atoms with Crippen molar-refractivity contribution < 1.29 is 24.2 Å². The average molecular weight is 372 g/mol. The van der Waals surface area contributed by atoms with E-state index in [9.17, 15) is 14.4 Å². The summed E-state index contributed by atoms with van der Waals surface area (Å²) in [6.07, 6.45) is 2.01. The molecule has 2 rings (SSSR count). The van der Waals surface area contributed by atoms with Crippen molar-refractivity contribution in [1.29, 1.82) is 0 Å². The lowest BCUT2D eigenvalue weighted by Crippen LogP contribution is -2.37. The van der Waals surface area contributed by atoms with Gasteiger partial charge in [-0.1, -0.05) is 0 Å². The van der Waals surface area contributed by atoms with E-state index in [2.05, 4.69) is 20.6 Å². The Balaban J connectivity index is 1.90. The number of aromatic carboxylic acids is 1. The Morgan fingerprint density at radius 3 is 2.15 bits per heavy atom. The maximum absolute atomic E-state index is 11.9. The molecule has 0 bridgehead atoms. The highest BCUT2D eigenvalue weighted by atomic mass is 16.6. The van der Waals surface area contributed by atoms with Gasteiger partial charge >= 0.3 is 12.1 Å². The highest BCUT2D eigenvalue weighted by Crippen LogP contribution is 2.16. The molecule has 3 N–H and O–H groups in total. The molecule has 142 valence electrons. The smallest absolute Gasteiger partial charge is 0.408 e. The standard InChI is InChI=1S/C18H20N4O5/c1-18(2,3)27-17(26)21-10-15(23)22-12-5-7-14(20-9-12)13-6-4-11(8-19-13)16(24)25/h4-9H,10H2,1-3H3,(H,21,26)(H,22,23)(H,24,25). The number of carbonyl (C=O) groups excluding carboxylic acids is 2. The van der Waals surface area contributed by atoms with Gasteiger partial charge in [0.1, 0.15) is 12.1 Å². The van der Waals surface area contributed by atoms with Gasteiger partial charge in [-0.2, -0.15) is 0 Å². The summed E-state index contributed by atoms with van der Waals surface area (Å²) in [4.78, 5) is 42.4. The Bertz CT molecular complexity index is 826. The summed E-state index contributed by atoms with van der Waals surface area (Å²) >= 11 is 0. The number of ether oxygens (including phenoxy) is 1. The number of alkyl carbamates (subject to hydrolysis) is 1. The molecule has 9 nitrogen and oxygen atoms in total. The van der Waals surface area contributed by atoms with Crippen LogP contribution in [0.4, 0.5) is 10.5 Å². The summed E-state index contributed by atoms with van der Waals surface area (Å²) in [7, 11) is 0. The van der Waals surface area contributed by atoms with Crippen LogP contribution in [-0.4, -0.2) is 45.2 Å². The summed E-state index contributed by atoms with van der Waals surface area (Å²) in [6.45, 7) is 4.94. The van der Waals surface area contributed by atoms with Crippen LogP contribution in [0.5, 0.6) is 0 Å². The van der Waals surface area contributed by atoms with Crippen LogP contribution in [0.15, 0.2) is 36.7 Å². The summed E-state index contributed by atoms with van der Waals surface area (Å²) in [5.74, 6) is -1.49. The van der Waals surface area contributed by atoms with Gasteiger partial charge in [-0.25, -0.2) is 9.59 Å². The van der Waals surface area contributed by atoms with E-state index in [-0.39, 0.29) is 12.1 Å². The third kappa shape index (κ3) is 6.38. The van der Waals surface area contributed by atoms with Crippen LogP contribution in [0, 0.1) is 0 Å².